The van der Waals surface area contributed by atoms with Crippen molar-refractivity contribution in [3.63, 3.8) is 0 Å². The van der Waals surface area contributed by atoms with Crippen molar-refractivity contribution < 1.29 is 13.6 Å². The Balaban J connectivity index is -0.000000228. The van der Waals surface area contributed by atoms with E-state index in [4.69, 9.17) is 5.41 Å². The lowest BCUT2D eigenvalue weighted by Crippen LogP contribution is -2.04. The van der Waals surface area contributed by atoms with Gasteiger partial charge in [-0.3, -0.25) is 9.78 Å². The Morgan fingerprint density at radius 1 is 0.860 bits per heavy atom. The smallest absolute Gasteiger partial charge is 0.159 e. The highest BCUT2D eigenvalue weighted by Crippen LogP contribution is 2.11. The summed E-state index contributed by atoms with van der Waals surface area (Å²) in [5.74, 6) is 0.436. The van der Waals surface area contributed by atoms with Crippen LogP contribution in [0.25, 0.3) is 0 Å². The summed E-state index contributed by atoms with van der Waals surface area (Å²) in [5, 5.41) is 10.3. The molecular formula is C36H66F2N4O. The predicted molar refractivity (Wildman–Crippen MR) is 186 cm³/mol. The van der Waals surface area contributed by atoms with Crippen molar-refractivity contribution in [3.05, 3.63) is 53.0 Å². The molecule has 0 atom stereocenters. The third-order valence-electron chi connectivity index (χ3n) is 6.36. The Hall–Kier alpha value is -2.70. The SMILES string of the molecule is CC.CC(=O)c1ccc(F)c(F)c1.CCC(C)CC.CCCC.CCCC(C)CCC.CNc1nc(C(C)=N)cnc1C. The number of anilines is 1. The molecule has 1 aromatic carbocycles. The van der Waals surface area contributed by atoms with Crippen molar-refractivity contribution in [2.45, 2.75) is 141 Å². The molecule has 0 radical (unpaired) electrons. The fourth-order valence-corrected chi connectivity index (χ4v) is 3.00. The fourth-order valence-electron chi connectivity index (χ4n) is 3.00. The van der Waals surface area contributed by atoms with Crippen molar-refractivity contribution in [3.8, 4) is 0 Å². The first-order valence-corrected chi connectivity index (χ1v) is 16.3. The Labute approximate surface area is 264 Å². The zero-order valence-corrected chi connectivity index (χ0v) is 30.2. The molecule has 0 spiro atoms. The number of aromatic nitrogens is 2. The number of ketones is 1. The van der Waals surface area contributed by atoms with E-state index in [9.17, 15) is 13.6 Å². The lowest BCUT2D eigenvalue weighted by molar-refractivity contribution is 0.101. The molecule has 7 heteroatoms. The van der Waals surface area contributed by atoms with Crippen molar-refractivity contribution >= 4 is 17.3 Å². The second-order valence-electron chi connectivity index (χ2n) is 10.4. The summed E-state index contributed by atoms with van der Waals surface area (Å²) in [4.78, 5) is 18.9. The Morgan fingerprint density at radius 3 is 1.65 bits per heavy atom. The van der Waals surface area contributed by atoms with Crippen molar-refractivity contribution in [1.29, 1.82) is 5.41 Å². The van der Waals surface area contributed by atoms with Crippen LogP contribution in [0.15, 0.2) is 24.4 Å². The van der Waals surface area contributed by atoms with Gasteiger partial charge in [0.15, 0.2) is 17.4 Å². The predicted octanol–water partition coefficient (Wildman–Crippen LogP) is 11.9. The fraction of sp³-hybridized carbons (Fsp3) is 0.667. The molecule has 2 rings (SSSR count). The van der Waals surface area contributed by atoms with Gasteiger partial charge < -0.3 is 10.7 Å². The molecule has 0 unspecified atom stereocenters. The van der Waals surface area contributed by atoms with Crippen LogP contribution in [0.1, 0.15) is 156 Å². The van der Waals surface area contributed by atoms with Gasteiger partial charge in [0.25, 0.3) is 0 Å². The average molecular weight is 609 g/mol. The van der Waals surface area contributed by atoms with Gasteiger partial charge in [0, 0.05) is 12.6 Å². The molecule has 250 valence electrons. The molecule has 1 aromatic heterocycles. The van der Waals surface area contributed by atoms with Crippen LogP contribution < -0.4 is 5.32 Å². The second-order valence-corrected chi connectivity index (χ2v) is 10.4. The molecule has 0 aliphatic heterocycles. The Kier molecular flexibility index (Phi) is 35.4. The molecule has 0 aliphatic rings. The minimum absolute atomic E-state index is 0.184. The maximum Gasteiger partial charge on any atom is 0.159 e. The Bertz CT molecular complexity index is 939. The number of hydrogen-bond acceptors (Lipinski definition) is 5. The lowest BCUT2D eigenvalue weighted by atomic mass is 10.0. The van der Waals surface area contributed by atoms with Crippen LogP contribution in [0.4, 0.5) is 14.6 Å². The van der Waals surface area contributed by atoms with Gasteiger partial charge in [-0.25, -0.2) is 13.8 Å². The zero-order valence-electron chi connectivity index (χ0n) is 30.2. The highest BCUT2D eigenvalue weighted by molar-refractivity contribution is 5.94. The minimum atomic E-state index is -0.988. The van der Waals surface area contributed by atoms with Gasteiger partial charge in [-0.2, -0.15) is 0 Å². The molecule has 2 aromatic rings. The molecule has 0 amide bonds. The normalized spacial score (nSPS) is 9.35. The summed E-state index contributed by atoms with van der Waals surface area (Å²) in [6.07, 6.45) is 12.4. The summed E-state index contributed by atoms with van der Waals surface area (Å²) in [6.45, 7) is 26.8. The first-order valence-electron chi connectivity index (χ1n) is 16.3. The van der Waals surface area contributed by atoms with Gasteiger partial charge in [-0.1, -0.05) is 121 Å². The number of Topliss-reactive ketones (excluding diaryl/α,β-unsaturated/α-hetero) is 1. The van der Waals surface area contributed by atoms with Crippen LogP contribution in [0, 0.1) is 35.8 Å². The standard InChI is InChI=1S/C8H6F2O.C8H12N4.C8H18.C6H14.C4H10.C2H6/c1-5(11)6-2-3-7(9)8(10)4-6;1-5(9)7-4-11-6(2)8(10-3)12-7;1-4-6-8(3)7-5-2;1-4-6(3)5-2;1-3-4-2;1-2/h2-4H,1H3;4,9H,1-3H3,(H,10,12);8H,4-7H2,1-3H3;6H,4-5H2,1-3H3;3-4H2,1-2H3;1-2H3. The summed E-state index contributed by atoms with van der Waals surface area (Å²) in [5.41, 5.74) is 2.08. The van der Waals surface area contributed by atoms with E-state index in [2.05, 4.69) is 70.7 Å². The van der Waals surface area contributed by atoms with Crippen LogP contribution in [-0.4, -0.2) is 28.5 Å². The van der Waals surface area contributed by atoms with E-state index in [-0.39, 0.29) is 11.3 Å². The minimum Gasteiger partial charge on any atom is -0.372 e. The third-order valence-corrected chi connectivity index (χ3v) is 6.36. The highest BCUT2D eigenvalue weighted by atomic mass is 19.2. The molecule has 5 nitrogen and oxygen atoms in total. The van der Waals surface area contributed by atoms with Crippen molar-refractivity contribution in [2.75, 3.05) is 12.4 Å². The number of nitrogens with zero attached hydrogens (tertiary/aromatic N) is 2. The molecule has 0 aliphatic carbocycles. The summed E-state index contributed by atoms with van der Waals surface area (Å²) < 4.78 is 24.7. The van der Waals surface area contributed by atoms with Gasteiger partial charge in [-0.15, -0.1) is 0 Å². The molecule has 2 N–H and O–H groups in total. The number of unbranched alkanes of at least 4 members (excludes halogenated alkanes) is 1. The van der Waals surface area contributed by atoms with Crippen LogP contribution >= 0.6 is 0 Å². The van der Waals surface area contributed by atoms with E-state index < -0.39 is 11.6 Å². The molecule has 0 saturated heterocycles. The van der Waals surface area contributed by atoms with Gasteiger partial charge in [0.1, 0.15) is 11.5 Å². The molecule has 0 saturated carbocycles. The maximum atomic E-state index is 12.4. The van der Waals surface area contributed by atoms with Gasteiger partial charge in [0.2, 0.25) is 0 Å². The van der Waals surface area contributed by atoms with Crippen molar-refractivity contribution in [1.82, 2.24) is 9.97 Å². The molecule has 1 heterocycles. The quantitative estimate of drug-likeness (QED) is 0.208. The molecule has 0 fully saturated rings. The van der Waals surface area contributed by atoms with Gasteiger partial charge in [0.05, 0.1) is 17.6 Å². The van der Waals surface area contributed by atoms with E-state index in [1.807, 2.05) is 20.8 Å². The molecule has 43 heavy (non-hydrogen) atoms. The van der Waals surface area contributed by atoms with E-state index in [1.165, 1.54) is 64.4 Å². The van der Waals surface area contributed by atoms with Crippen LogP contribution in [0.5, 0.6) is 0 Å². The summed E-state index contributed by atoms with van der Waals surface area (Å²) in [6, 6.07) is 3.07. The zero-order chi connectivity index (χ0) is 34.4. The number of hydrogen-bond donors (Lipinski definition) is 2. The number of carbonyl (C=O) groups is 1. The number of nitrogens with one attached hydrogen (secondary N) is 2. The van der Waals surface area contributed by atoms with E-state index >= 15 is 0 Å². The average Bonchev–Trinajstić information content (AvgIpc) is 3.00. The van der Waals surface area contributed by atoms with E-state index in [0.29, 0.717) is 11.4 Å². The first-order chi connectivity index (χ1) is 20.3. The summed E-state index contributed by atoms with van der Waals surface area (Å²) >= 11 is 0. The maximum absolute atomic E-state index is 12.4. The number of aryl methyl sites for hydroxylation is 1. The molecular weight excluding hydrogens is 542 g/mol. The van der Waals surface area contributed by atoms with Crippen molar-refractivity contribution in [2.24, 2.45) is 11.8 Å². The molecule has 0 bridgehead atoms. The highest BCUT2D eigenvalue weighted by Gasteiger charge is 2.05. The van der Waals surface area contributed by atoms with E-state index in [1.54, 1.807) is 20.2 Å². The number of benzene rings is 1. The topological polar surface area (TPSA) is 78.7 Å². The van der Waals surface area contributed by atoms with Gasteiger partial charge >= 0.3 is 0 Å². The van der Waals surface area contributed by atoms with E-state index in [0.717, 1.165) is 35.5 Å². The summed E-state index contributed by atoms with van der Waals surface area (Å²) in [7, 11) is 1.79. The lowest BCUT2D eigenvalue weighted by Gasteiger charge is -2.05. The van der Waals surface area contributed by atoms with Crippen LogP contribution in [0.3, 0.4) is 0 Å². The third kappa shape index (κ3) is 27.9. The van der Waals surface area contributed by atoms with Crippen LogP contribution in [-0.2, 0) is 0 Å². The Morgan fingerprint density at radius 2 is 1.35 bits per heavy atom. The number of carbonyl (C=O) groups excluding carboxylic acids is 1. The van der Waals surface area contributed by atoms with Crippen LogP contribution in [0.2, 0.25) is 0 Å². The number of halogens is 2. The second kappa shape index (κ2) is 32.2. The van der Waals surface area contributed by atoms with Gasteiger partial charge in [-0.05, 0) is 50.8 Å². The largest absolute Gasteiger partial charge is 0.372 e. The number of rotatable bonds is 10. The first kappa shape index (κ1) is 47.2. The monoisotopic (exact) mass is 609 g/mol.